The van der Waals surface area contributed by atoms with Gasteiger partial charge in [0.25, 0.3) is 0 Å². The lowest BCUT2D eigenvalue weighted by Crippen LogP contribution is -2.29. The number of fused-ring (bicyclic) bond motifs is 2. The maximum atomic E-state index is 11.7. The number of benzene rings is 2. The van der Waals surface area contributed by atoms with E-state index in [-0.39, 0.29) is 5.69 Å². The molecular formula is C21H20N2O5. The molecule has 2 heterocycles. The van der Waals surface area contributed by atoms with E-state index in [1.54, 1.807) is 26.0 Å². The molecule has 28 heavy (non-hydrogen) atoms. The Balaban J connectivity index is 1.56. The van der Waals surface area contributed by atoms with E-state index >= 15 is 0 Å². The largest absolute Gasteiger partial charge is 0.476 e. The summed E-state index contributed by atoms with van der Waals surface area (Å²) in [7, 11) is 0. The minimum atomic E-state index is -1.12. The van der Waals surface area contributed by atoms with Crippen molar-refractivity contribution >= 4 is 17.0 Å². The number of carboxylic acids is 1. The van der Waals surface area contributed by atoms with Gasteiger partial charge in [-0.15, -0.1) is 0 Å². The summed E-state index contributed by atoms with van der Waals surface area (Å²) in [6.45, 7) is 4.40. The van der Waals surface area contributed by atoms with E-state index in [2.05, 4.69) is 9.97 Å². The molecule has 1 aliphatic heterocycles. The maximum absolute atomic E-state index is 11.7. The molecule has 0 bridgehead atoms. The van der Waals surface area contributed by atoms with E-state index in [0.717, 1.165) is 5.56 Å². The molecule has 4 rings (SSSR count). The molecule has 0 aliphatic carbocycles. The van der Waals surface area contributed by atoms with Gasteiger partial charge < -0.3 is 19.3 Å². The molecule has 1 aliphatic rings. The molecule has 0 unspecified atom stereocenters. The Hall–Kier alpha value is -3.19. The fraction of sp³-hybridized carbons (Fsp3) is 0.286. The highest BCUT2D eigenvalue weighted by molar-refractivity contribution is 5.90. The van der Waals surface area contributed by atoms with E-state index in [1.807, 2.05) is 30.3 Å². The smallest absolute Gasteiger partial charge is 0.356 e. The second-order valence-corrected chi connectivity index (χ2v) is 7.00. The van der Waals surface area contributed by atoms with Crippen molar-refractivity contribution in [1.29, 1.82) is 0 Å². The van der Waals surface area contributed by atoms with E-state index < -0.39 is 11.8 Å². The minimum absolute atomic E-state index is 0.0751. The Morgan fingerprint density at radius 3 is 2.36 bits per heavy atom. The zero-order valence-electron chi connectivity index (χ0n) is 15.6. The van der Waals surface area contributed by atoms with Crippen LogP contribution in [0.2, 0.25) is 0 Å². The highest BCUT2D eigenvalue weighted by Crippen LogP contribution is 2.41. The van der Waals surface area contributed by atoms with Gasteiger partial charge in [0.15, 0.2) is 17.2 Å². The van der Waals surface area contributed by atoms with E-state index in [1.165, 1.54) is 0 Å². The summed E-state index contributed by atoms with van der Waals surface area (Å²) in [4.78, 5) is 20.4. The third-order valence-electron chi connectivity index (χ3n) is 4.31. The molecule has 0 fully saturated rings. The molecule has 0 amide bonds. The lowest BCUT2D eigenvalue weighted by atomic mass is 10.2. The zero-order chi connectivity index (χ0) is 19.7. The van der Waals surface area contributed by atoms with Gasteiger partial charge in [-0.25, -0.2) is 14.8 Å². The molecular weight excluding hydrogens is 360 g/mol. The quantitative estimate of drug-likeness (QED) is 0.654. The van der Waals surface area contributed by atoms with Crippen molar-refractivity contribution in [3.05, 3.63) is 59.4 Å². The van der Waals surface area contributed by atoms with Gasteiger partial charge in [-0.2, -0.15) is 0 Å². The van der Waals surface area contributed by atoms with Crippen LogP contribution in [0.25, 0.3) is 11.0 Å². The zero-order valence-corrected chi connectivity index (χ0v) is 15.6. The number of rotatable bonds is 6. The van der Waals surface area contributed by atoms with Crippen LogP contribution >= 0.6 is 0 Å². The van der Waals surface area contributed by atoms with Crippen LogP contribution in [0, 0.1) is 0 Å². The average Bonchev–Trinajstić information content (AvgIpc) is 2.96. The van der Waals surface area contributed by atoms with E-state index in [4.69, 9.17) is 14.2 Å². The molecule has 7 heteroatoms. The van der Waals surface area contributed by atoms with Crippen molar-refractivity contribution in [2.45, 2.75) is 32.7 Å². The van der Waals surface area contributed by atoms with Crippen LogP contribution in [0.4, 0.5) is 0 Å². The highest BCUT2D eigenvalue weighted by atomic mass is 16.7. The summed E-state index contributed by atoms with van der Waals surface area (Å²) in [5.74, 6) is -0.794. The van der Waals surface area contributed by atoms with Crippen LogP contribution < -0.4 is 9.47 Å². The van der Waals surface area contributed by atoms with Gasteiger partial charge >= 0.3 is 5.97 Å². The first kappa shape index (κ1) is 18.2. The Bertz CT molecular complexity index is 1030. The van der Waals surface area contributed by atoms with E-state index in [9.17, 15) is 9.90 Å². The number of aromatic carboxylic acids is 1. The fourth-order valence-corrected chi connectivity index (χ4v) is 3.09. The molecule has 2 aromatic carbocycles. The molecule has 1 aromatic heterocycles. The lowest BCUT2D eigenvalue weighted by molar-refractivity contribution is -0.0431. The molecule has 0 atom stereocenters. The van der Waals surface area contributed by atoms with Gasteiger partial charge in [0.05, 0.1) is 29.9 Å². The lowest BCUT2D eigenvalue weighted by Gasteiger charge is -2.16. The minimum Gasteiger partial charge on any atom is -0.476 e. The Morgan fingerprint density at radius 2 is 1.71 bits per heavy atom. The van der Waals surface area contributed by atoms with Crippen LogP contribution in [-0.4, -0.2) is 33.4 Å². The number of carboxylic acid groups (broad SMARTS) is 1. The predicted octanol–water partition coefficient (Wildman–Crippen LogP) is 3.59. The average molecular weight is 380 g/mol. The van der Waals surface area contributed by atoms with Crippen molar-refractivity contribution < 1.29 is 24.1 Å². The summed E-state index contributed by atoms with van der Waals surface area (Å²) in [6, 6.07) is 13.2. The number of nitrogens with zero attached hydrogens (tertiary/aromatic N) is 2. The highest BCUT2D eigenvalue weighted by Gasteiger charge is 2.32. The molecule has 0 radical (unpaired) electrons. The van der Waals surface area contributed by atoms with Crippen molar-refractivity contribution in [2.24, 2.45) is 0 Å². The van der Waals surface area contributed by atoms with Crippen LogP contribution in [0.3, 0.4) is 0 Å². The van der Waals surface area contributed by atoms with Crippen molar-refractivity contribution in [1.82, 2.24) is 9.97 Å². The molecule has 1 N–H and O–H groups in total. The first-order valence-corrected chi connectivity index (χ1v) is 8.99. The Labute approximate surface area is 161 Å². The molecule has 144 valence electrons. The summed E-state index contributed by atoms with van der Waals surface area (Å²) in [5.41, 5.74) is 2.37. The van der Waals surface area contributed by atoms with Gasteiger partial charge in [-0.3, -0.25) is 0 Å². The van der Waals surface area contributed by atoms with Crippen molar-refractivity contribution in [3.8, 4) is 11.5 Å². The van der Waals surface area contributed by atoms with Gasteiger partial charge in [0.1, 0.15) is 0 Å². The van der Waals surface area contributed by atoms with Gasteiger partial charge in [-0.1, -0.05) is 30.3 Å². The normalized spacial score (nSPS) is 14.4. The van der Waals surface area contributed by atoms with Crippen LogP contribution in [0.15, 0.2) is 42.5 Å². The number of ether oxygens (including phenoxy) is 3. The second-order valence-electron chi connectivity index (χ2n) is 7.00. The van der Waals surface area contributed by atoms with Gasteiger partial charge in [-0.05, 0) is 5.56 Å². The van der Waals surface area contributed by atoms with Crippen LogP contribution in [0.5, 0.6) is 11.5 Å². The topological polar surface area (TPSA) is 90.8 Å². The fourth-order valence-electron chi connectivity index (χ4n) is 3.09. The molecule has 0 saturated heterocycles. The number of aromatic nitrogens is 2. The first-order valence-electron chi connectivity index (χ1n) is 8.99. The molecule has 0 saturated carbocycles. The summed E-state index contributed by atoms with van der Waals surface area (Å²) >= 11 is 0. The third kappa shape index (κ3) is 3.75. The SMILES string of the molecule is CC1(C)Oc2cc3nc(CCOCc4ccccc4)c(C(=O)O)nc3cc2O1. The van der Waals surface area contributed by atoms with Gasteiger partial charge in [0, 0.05) is 32.4 Å². The number of carbonyl (C=O) groups is 1. The van der Waals surface area contributed by atoms with Gasteiger partial charge in [0.2, 0.25) is 5.79 Å². The predicted molar refractivity (Wildman–Crippen MR) is 102 cm³/mol. The molecule has 3 aromatic rings. The summed E-state index contributed by atoms with van der Waals surface area (Å²) in [6.07, 6.45) is 0.345. The third-order valence-corrected chi connectivity index (χ3v) is 4.31. The van der Waals surface area contributed by atoms with E-state index in [0.29, 0.717) is 47.9 Å². The molecule has 7 nitrogen and oxygen atoms in total. The maximum Gasteiger partial charge on any atom is 0.356 e. The monoisotopic (exact) mass is 380 g/mol. The standard InChI is InChI=1S/C21H20N2O5/c1-21(2)27-17-10-15-16(11-18(17)28-21)23-19(20(24)25)14(22-15)8-9-26-12-13-6-4-3-5-7-13/h3-7,10-11H,8-9,12H2,1-2H3,(H,24,25). The number of hydrogen-bond acceptors (Lipinski definition) is 6. The summed E-state index contributed by atoms with van der Waals surface area (Å²) in [5, 5.41) is 9.54. The summed E-state index contributed by atoms with van der Waals surface area (Å²) < 4.78 is 17.1. The molecule has 0 spiro atoms. The Morgan fingerprint density at radius 1 is 1.07 bits per heavy atom. The number of hydrogen-bond donors (Lipinski definition) is 1. The van der Waals surface area contributed by atoms with Crippen molar-refractivity contribution in [3.63, 3.8) is 0 Å². The van der Waals surface area contributed by atoms with Crippen LogP contribution in [-0.2, 0) is 17.8 Å². The first-order chi connectivity index (χ1) is 13.4. The Kier molecular flexibility index (Phi) is 4.60. The van der Waals surface area contributed by atoms with Crippen molar-refractivity contribution in [2.75, 3.05) is 6.61 Å². The second kappa shape index (κ2) is 7.09. The van der Waals surface area contributed by atoms with Crippen LogP contribution in [0.1, 0.15) is 35.6 Å².